The standard InChI is InChI=1S/C15H21N5/c1-2-16-9-13-5-3-4-6-14(13)10-19-7-8-20-12-17-18-15(20)11-19/h3-6,12,16H,2,7-11H2,1H3. The Bertz CT molecular complexity index is 563. The van der Waals surface area contributed by atoms with Gasteiger partial charge >= 0.3 is 0 Å². The van der Waals surface area contributed by atoms with E-state index in [-0.39, 0.29) is 0 Å². The van der Waals surface area contributed by atoms with Crippen LogP contribution in [0.3, 0.4) is 0 Å². The molecule has 0 amide bonds. The van der Waals surface area contributed by atoms with Crippen molar-refractivity contribution in [3.63, 3.8) is 0 Å². The highest BCUT2D eigenvalue weighted by molar-refractivity contribution is 5.27. The van der Waals surface area contributed by atoms with Gasteiger partial charge in [-0.05, 0) is 17.7 Å². The van der Waals surface area contributed by atoms with E-state index in [1.807, 2.05) is 6.33 Å². The van der Waals surface area contributed by atoms with Crippen molar-refractivity contribution < 1.29 is 0 Å². The van der Waals surface area contributed by atoms with Gasteiger partial charge in [0.1, 0.15) is 12.2 Å². The summed E-state index contributed by atoms with van der Waals surface area (Å²) >= 11 is 0. The lowest BCUT2D eigenvalue weighted by Gasteiger charge is -2.27. The van der Waals surface area contributed by atoms with Crippen LogP contribution in [0.15, 0.2) is 30.6 Å². The van der Waals surface area contributed by atoms with E-state index in [0.717, 1.165) is 45.1 Å². The van der Waals surface area contributed by atoms with Crippen LogP contribution < -0.4 is 5.32 Å². The van der Waals surface area contributed by atoms with Gasteiger partial charge in [-0.1, -0.05) is 31.2 Å². The Balaban J connectivity index is 1.69. The number of aromatic nitrogens is 3. The van der Waals surface area contributed by atoms with E-state index in [9.17, 15) is 0 Å². The van der Waals surface area contributed by atoms with E-state index < -0.39 is 0 Å². The number of nitrogens with one attached hydrogen (secondary N) is 1. The Morgan fingerprint density at radius 3 is 2.90 bits per heavy atom. The molecule has 0 saturated carbocycles. The van der Waals surface area contributed by atoms with Gasteiger partial charge in [0.2, 0.25) is 0 Å². The van der Waals surface area contributed by atoms with Crippen molar-refractivity contribution in [2.75, 3.05) is 13.1 Å². The molecule has 0 spiro atoms. The Morgan fingerprint density at radius 2 is 2.05 bits per heavy atom. The van der Waals surface area contributed by atoms with Crippen molar-refractivity contribution in [2.24, 2.45) is 0 Å². The lowest BCUT2D eigenvalue weighted by molar-refractivity contribution is 0.208. The molecule has 1 aromatic carbocycles. The predicted molar refractivity (Wildman–Crippen MR) is 78.0 cm³/mol. The summed E-state index contributed by atoms with van der Waals surface area (Å²) in [5, 5.41) is 11.6. The molecule has 5 heteroatoms. The maximum absolute atomic E-state index is 4.18. The summed E-state index contributed by atoms with van der Waals surface area (Å²) in [5.41, 5.74) is 2.79. The molecule has 5 nitrogen and oxygen atoms in total. The lowest BCUT2D eigenvalue weighted by Crippen LogP contribution is -2.33. The van der Waals surface area contributed by atoms with E-state index in [4.69, 9.17) is 0 Å². The summed E-state index contributed by atoms with van der Waals surface area (Å²) < 4.78 is 2.14. The third kappa shape index (κ3) is 2.89. The van der Waals surface area contributed by atoms with E-state index >= 15 is 0 Å². The van der Waals surface area contributed by atoms with Gasteiger partial charge in [-0.15, -0.1) is 10.2 Å². The highest BCUT2D eigenvalue weighted by Crippen LogP contribution is 2.16. The second-order valence-corrected chi connectivity index (χ2v) is 5.20. The lowest BCUT2D eigenvalue weighted by atomic mass is 10.1. The molecule has 0 radical (unpaired) electrons. The van der Waals surface area contributed by atoms with Crippen LogP contribution in [0.25, 0.3) is 0 Å². The smallest absolute Gasteiger partial charge is 0.147 e. The Kier molecular flexibility index (Phi) is 4.08. The fraction of sp³-hybridized carbons (Fsp3) is 0.467. The molecule has 1 aromatic heterocycles. The summed E-state index contributed by atoms with van der Waals surface area (Å²) in [6.45, 7) is 7.99. The number of benzene rings is 1. The van der Waals surface area contributed by atoms with Gasteiger partial charge in [0, 0.05) is 26.2 Å². The molecular weight excluding hydrogens is 250 g/mol. The highest BCUT2D eigenvalue weighted by atomic mass is 15.3. The van der Waals surface area contributed by atoms with Crippen LogP contribution >= 0.6 is 0 Å². The molecule has 0 fully saturated rings. The van der Waals surface area contributed by atoms with E-state index in [2.05, 4.69) is 56.2 Å². The SMILES string of the molecule is CCNCc1ccccc1CN1CCn2cnnc2C1. The molecule has 0 unspecified atom stereocenters. The molecule has 1 aliphatic rings. The number of fused-ring (bicyclic) bond motifs is 1. The van der Waals surface area contributed by atoms with Crippen LogP contribution in [0.4, 0.5) is 0 Å². The zero-order valence-corrected chi connectivity index (χ0v) is 11.9. The fourth-order valence-electron chi connectivity index (χ4n) is 2.64. The molecule has 2 aromatic rings. The zero-order valence-electron chi connectivity index (χ0n) is 11.9. The van der Waals surface area contributed by atoms with Crippen molar-refractivity contribution in [3.8, 4) is 0 Å². The number of nitrogens with zero attached hydrogens (tertiary/aromatic N) is 4. The molecule has 0 saturated heterocycles. The van der Waals surface area contributed by atoms with Gasteiger partial charge in [-0.3, -0.25) is 4.90 Å². The van der Waals surface area contributed by atoms with Crippen molar-refractivity contribution >= 4 is 0 Å². The second kappa shape index (κ2) is 6.15. The highest BCUT2D eigenvalue weighted by Gasteiger charge is 2.18. The molecule has 1 aliphatic heterocycles. The van der Waals surface area contributed by atoms with Crippen LogP contribution in [0, 0.1) is 0 Å². The van der Waals surface area contributed by atoms with Gasteiger partial charge in [-0.25, -0.2) is 0 Å². The summed E-state index contributed by atoms with van der Waals surface area (Å²) in [6, 6.07) is 8.68. The van der Waals surface area contributed by atoms with Crippen LogP contribution in [0.5, 0.6) is 0 Å². The van der Waals surface area contributed by atoms with E-state index in [0.29, 0.717) is 0 Å². The topological polar surface area (TPSA) is 46.0 Å². The number of rotatable bonds is 5. The zero-order chi connectivity index (χ0) is 13.8. The predicted octanol–water partition coefficient (Wildman–Crippen LogP) is 1.40. The maximum Gasteiger partial charge on any atom is 0.147 e. The van der Waals surface area contributed by atoms with Crippen LogP contribution in [0.2, 0.25) is 0 Å². The van der Waals surface area contributed by atoms with Crippen molar-refractivity contribution in [3.05, 3.63) is 47.5 Å². The quantitative estimate of drug-likeness (QED) is 0.893. The normalized spacial score (nSPS) is 15.2. The average molecular weight is 271 g/mol. The molecule has 20 heavy (non-hydrogen) atoms. The Morgan fingerprint density at radius 1 is 1.20 bits per heavy atom. The number of hydrogen-bond acceptors (Lipinski definition) is 4. The van der Waals surface area contributed by atoms with Gasteiger partial charge in [-0.2, -0.15) is 0 Å². The minimum atomic E-state index is 0.884. The molecule has 106 valence electrons. The fourth-order valence-corrected chi connectivity index (χ4v) is 2.64. The van der Waals surface area contributed by atoms with Gasteiger partial charge in [0.25, 0.3) is 0 Å². The van der Waals surface area contributed by atoms with Gasteiger partial charge in [0.15, 0.2) is 0 Å². The van der Waals surface area contributed by atoms with Gasteiger partial charge < -0.3 is 9.88 Å². The van der Waals surface area contributed by atoms with Crippen LogP contribution in [-0.2, 0) is 26.2 Å². The third-order valence-electron chi connectivity index (χ3n) is 3.80. The molecule has 0 atom stereocenters. The average Bonchev–Trinajstić information content (AvgIpc) is 2.94. The summed E-state index contributed by atoms with van der Waals surface area (Å²) in [7, 11) is 0. The minimum Gasteiger partial charge on any atom is -0.315 e. The van der Waals surface area contributed by atoms with E-state index in [1.54, 1.807) is 0 Å². The Labute approximate surface area is 119 Å². The first-order chi connectivity index (χ1) is 9.86. The summed E-state index contributed by atoms with van der Waals surface area (Å²) in [4.78, 5) is 2.44. The third-order valence-corrected chi connectivity index (χ3v) is 3.80. The summed E-state index contributed by atoms with van der Waals surface area (Å²) in [5.74, 6) is 1.07. The summed E-state index contributed by atoms with van der Waals surface area (Å²) in [6.07, 6.45) is 1.83. The first-order valence-corrected chi connectivity index (χ1v) is 7.23. The molecule has 3 rings (SSSR count). The molecule has 2 heterocycles. The first-order valence-electron chi connectivity index (χ1n) is 7.23. The monoisotopic (exact) mass is 271 g/mol. The van der Waals surface area contributed by atoms with E-state index in [1.165, 1.54) is 11.1 Å². The second-order valence-electron chi connectivity index (χ2n) is 5.20. The molecule has 1 N–H and O–H groups in total. The van der Waals surface area contributed by atoms with Crippen LogP contribution in [0.1, 0.15) is 23.9 Å². The van der Waals surface area contributed by atoms with Crippen LogP contribution in [-0.4, -0.2) is 32.8 Å². The first kappa shape index (κ1) is 13.3. The number of hydrogen-bond donors (Lipinski definition) is 1. The Hall–Kier alpha value is -1.72. The molecule has 0 aliphatic carbocycles. The largest absolute Gasteiger partial charge is 0.315 e. The van der Waals surface area contributed by atoms with Gasteiger partial charge in [0.05, 0.1) is 6.54 Å². The maximum atomic E-state index is 4.18. The van der Waals surface area contributed by atoms with Crippen molar-refractivity contribution in [1.29, 1.82) is 0 Å². The van der Waals surface area contributed by atoms with Crippen molar-refractivity contribution in [1.82, 2.24) is 25.0 Å². The van der Waals surface area contributed by atoms with Crippen molar-refractivity contribution in [2.45, 2.75) is 33.1 Å². The molecular formula is C15H21N5. The minimum absolute atomic E-state index is 0.884. The molecule has 0 bridgehead atoms.